The predicted molar refractivity (Wildman–Crippen MR) is 38.0 cm³/mol. The largest absolute Gasteiger partial charge is 0.510 e. The van der Waals surface area contributed by atoms with E-state index >= 15 is 0 Å². The van der Waals surface area contributed by atoms with E-state index in [1.54, 1.807) is 0 Å². The summed E-state index contributed by atoms with van der Waals surface area (Å²) in [5.74, 6) is 0. The molecule has 0 saturated carbocycles. The zero-order valence-electron chi connectivity index (χ0n) is 6.58. The summed E-state index contributed by atoms with van der Waals surface area (Å²) in [6.07, 6.45) is -3.93. The fourth-order valence-electron chi connectivity index (χ4n) is 0.915. The molecule has 0 bridgehead atoms. The van der Waals surface area contributed by atoms with Crippen molar-refractivity contribution in [3.8, 4) is 0 Å². The van der Waals surface area contributed by atoms with E-state index in [0.29, 0.717) is 6.20 Å². The number of aryl methyl sites for hydroxylation is 1. The van der Waals surface area contributed by atoms with Crippen molar-refractivity contribution in [3.05, 3.63) is 11.8 Å². The van der Waals surface area contributed by atoms with Crippen LogP contribution in [0, 0.1) is 0 Å². The topological polar surface area (TPSA) is 58.3 Å². The summed E-state index contributed by atoms with van der Waals surface area (Å²) in [5.41, 5.74) is -1.92. The molecule has 4 nitrogen and oxygen atoms in total. The number of halogens is 3. The van der Waals surface area contributed by atoms with Gasteiger partial charge in [0.15, 0.2) is 0 Å². The van der Waals surface area contributed by atoms with Crippen LogP contribution in [0.3, 0.4) is 0 Å². The Morgan fingerprint density at radius 1 is 1.46 bits per heavy atom. The highest BCUT2D eigenvalue weighted by Gasteiger charge is 2.38. The van der Waals surface area contributed by atoms with E-state index in [0.717, 1.165) is 4.68 Å². The second-order valence-electron chi connectivity index (χ2n) is 2.47. The average Bonchev–Trinajstić information content (AvgIpc) is 2.29. The molecule has 72 valence electrons. The van der Waals surface area contributed by atoms with Crippen LogP contribution in [0.1, 0.15) is 5.56 Å². The molecule has 0 aliphatic carbocycles. The van der Waals surface area contributed by atoms with Gasteiger partial charge in [-0.2, -0.15) is 18.3 Å². The van der Waals surface area contributed by atoms with Gasteiger partial charge in [-0.05, 0) is 0 Å². The molecule has 0 amide bonds. The minimum atomic E-state index is -4.62. The summed E-state index contributed by atoms with van der Waals surface area (Å²) in [7, 11) is -0.945. The van der Waals surface area contributed by atoms with Crippen LogP contribution in [0.4, 0.5) is 13.2 Å². The van der Waals surface area contributed by atoms with E-state index < -0.39 is 24.5 Å². The van der Waals surface area contributed by atoms with Crippen molar-refractivity contribution < 1.29 is 23.2 Å². The molecule has 0 fully saturated rings. The molecular formula is C5H6BF3N2O2. The molecule has 13 heavy (non-hydrogen) atoms. The third-order valence-corrected chi connectivity index (χ3v) is 1.41. The summed E-state index contributed by atoms with van der Waals surface area (Å²) < 4.78 is 37.3. The lowest BCUT2D eigenvalue weighted by atomic mass is 9.83. The van der Waals surface area contributed by atoms with Gasteiger partial charge < -0.3 is 10.0 Å². The van der Waals surface area contributed by atoms with E-state index in [2.05, 4.69) is 5.10 Å². The van der Waals surface area contributed by atoms with Crippen LogP contribution in [0.25, 0.3) is 0 Å². The molecule has 1 rings (SSSR count). The van der Waals surface area contributed by atoms with E-state index in [-0.39, 0.29) is 0 Å². The van der Waals surface area contributed by atoms with Gasteiger partial charge in [0.05, 0.1) is 5.56 Å². The number of alkyl halides is 3. The monoisotopic (exact) mass is 194 g/mol. The zero-order chi connectivity index (χ0) is 10.2. The third kappa shape index (κ3) is 2.01. The first kappa shape index (κ1) is 10.1. The Morgan fingerprint density at radius 3 is 2.31 bits per heavy atom. The van der Waals surface area contributed by atoms with Gasteiger partial charge in [0, 0.05) is 13.2 Å². The molecular weight excluding hydrogens is 188 g/mol. The maximum atomic E-state index is 12.1. The lowest BCUT2D eigenvalue weighted by molar-refractivity contribution is -0.136. The molecule has 8 heteroatoms. The predicted octanol–water partition coefficient (Wildman–Crippen LogP) is -0.881. The first-order valence-corrected chi connectivity index (χ1v) is 3.29. The Hall–Kier alpha value is -1.02. The van der Waals surface area contributed by atoms with E-state index in [9.17, 15) is 13.2 Å². The molecule has 1 heterocycles. The Morgan fingerprint density at radius 2 is 2.00 bits per heavy atom. The third-order valence-electron chi connectivity index (χ3n) is 1.41. The smallest absolute Gasteiger partial charge is 0.422 e. The number of hydrogen-bond acceptors (Lipinski definition) is 3. The van der Waals surface area contributed by atoms with Crippen molar-refractivity contribution in [3.63, 3.8) is 0 Å². The fraction of sp³-hybridized carbons (Fsp3) is 0.400. The van der Waals surface area contributed by atoms with E-state index in [4.69, 9.17) is 10.0 Å². The van der Waals surface area contributed by atoms with Gasteiger partial charge in [0.2, 0.25) is 0 Å². The molecule has 0 unspecified atom stereocenters. The first-order valence-electron chi connectivity index (χ1n) is 3.29. The van der Waals surface area contributed by atoms with Crippen molar-refractivity contribution in [2.75, 3.05) is 0 Å². The van der Waals surface area contributed by atoms with Gasteiger partial charge in [-0.1, -0.05) is 0 Å². The molecule has 0 aliphatic rings. The van der Waals surface area contributed by atoms with Crippen molar-refractivity contribution in [2.24, 2.45) is 7.05 Å². The zero-order valence-corrected chi connectivity index (χ0v) is 6.58. The normalized spacial score (nSPS) is 11.8. The quantitative estimate of drug-likeness (QED) is 0.570. The summed E-state index contributed by atoms with van der Waals surface area (Å²) in [4.78, 5) is 0. The van der Waals surface area contributed by atoms with Crippen LogP contribution >= 0.6 is 0 Å². The molecule has 1 aromatic heterocycles. The van der Waals surface area contributed by atoms with Crippen molar-refractivity contribution in [1.82, 2.24) is 9.78 Å². The molecule has 0 spiro atoms. The second kappa shape index (κ2) is 3.04. The maximum Gasteiger partial charge on any atom is 0.510 e. The minimum Gasteiger partial charge on any atom is -0.422 e. The van der Waals surface area contributed by atoms with Gasteiger partial charge >= 0.3 is 13.3 Å². The molecule has 0 aromatic carbocycles. The summed E-state index contributed by atoms with van der Waals surface area (Å²) >= 11 is 0. The highest BCUT2D eigenvalue weighted by atomic mass is 19.4. The summed E-state index contributed by atoms with van der Waals surface area (Å²) in [6.45, 7) is 0. The number of aromatic nitrogens is 2. The van der Waals surface area contributed by atoms with E-state index in [1.165, 1.54) is 7.05 Å². The highest BCUT2D eigenvalue weighted by molar-refractivity contribution is 6.58. The highest BCUT2D eigenvalue weighted by Crippen LogP contribution is 2.27. The van der Waals surface area contributed by atoms with Gasteiger partial charge in [0.25, 0.3) is 0 Å². The lowest BCUT2D eigenvalue weighted by Gasteiger charge is -2.04. The first-order chi connectivity index (χ1) is 5.82. The Balaban J connectivity index is 3.20. The maximum absolute atomic E-state index is 12.1. The van der Waals surface area contributed by atoms with E-state index in [1.807, 2.05) is 0 Å². The van der Waals surface area contributed by atoms with Crippen molar-refractivity contribution in [2.45, 2.75) is 6.18 Å². The van der Waals surface area contributed by atoms with Crippen LogP contribution in [0.15, 0.2) is 6.20 Å². The number of hydrogen-bond donors (Lipinski definition) is 2. The van der Waals surface area contributed by atoms with Gasteiger partial charge in [-0.25, -0.2) is 0 Å². The second-order valence-corrected chi connectivity index (χ2v) is 2.47. The van der Waals surface area contributed by atoms with Crippen LogP contribution < -0.4 is 5.59 Å². The van der Waals surface area contributed by atoms with Gasteiger partial charge in [-0.3, -0.25) is 4.68 Å². The van der Waals surface area contributed by atoms with Gasteiger partial charge in [0.1, 0.15) is 5.59 Å². The van der Waals surface area contributed by atoms with Crippen LogP contribution in [0.5, 0.6) is 0 Å². The van der Waals surface area contributed by atoms with Crippen LogP contribution in [-0.4, -0.2) is 26.9 Å². The molecule has 1 aromatic rings. The Bertz CT molecular complexity index is 309. The Labute approximate surface area is 71.7 Å². The number of rotatable bonds is 1. The SMILES string of the molecule is Cn1cc(C(F)(F)F)c(B(O)O)n1. The fourth-order valence-corrected chi connectivity index (χ4v) is 0.915. The van der Waals surface area contributed by atoms with Crippen LogP contribution in [0.2, 0.25) is 0 Å². The lowest BCUT2D eigenvalue weighted by Crippen LogP contribution is -2.36. The average molecular weight is 194 g/mol. The van der Waals surface area contributed by atoms with Crippen molar-refractivity contribution in [1.29, 1.82) is 0 Å². The minimum absolute atomic E-state index is 0.689. The van der Waals surface area contributed by atoms with Crippen molar-refractivity contribution >= 4 is 12.7 Å². The molecule has 2 N–H and O–H groups in total. The van der Waals surface area contributed by atoms with Gasteiger partial charge in [-0.15, -0.1) is 0 Å². The summed E-state index contributed by atoms with van der Waals surface area (Å²) in [5, 5.41) is 20.4. The molecule has 0 saturated heterocycles. The number of nitrogens with zero attached hydrogens (tertiary/aromatic N) is 2. The molecule has 0 aliphatic heterocycles. The standard InChI is InChI=1S/C5H6BF3N2O2/c1-11-2-3(5(7,8)9)4(10-11)6(12)13/h2,12-13H,1H3. The molecule has 0 radical (unpaired) electrons. The molecule has 0 atom stereocenters. The Kier molecular flexibility index (Phi) is 2.35. The van der Waals surface area contributed by atoms with Crippen LogP contribution in [-0.2, 0) is 13.2 Å². The summed E-state index contributed by atoms with van der Waals surface area (Å²) in [6, 6.07) is 0.